The van der Waals surface area contributed by atoms with Crippen LogP contribution in [0.5, 0.6) is 0 Å². The van der Waals surface area contributed by atoms with E-state index in [1.54, 1.807) is 24.3 Å². The van der Waals surface area contributed by atoms with Crippen LogP contribution in [-0.2, 0) is 4.74 Å². The fraction of sp³-hybridized carbons (Fsp3) is 0.250. The molecule has 0 aliphatic rings. The summed E-state index contributed by atoms with van der Waals surface area (Å²) in [7, 11) is 1.40. The van der Waals surface area contributed by atoms with E-state index in [4.69, 9.17) is 4.74 Å². The lowest BCUT2D eigenvalue weighted by Crippen LogP contribution is -2.16. The molecule has 0 spiro atoms. The summed E-state index contributed by atoms with van der Waals surface area (Å²) in [5.74, 6) is -1.52. The second-order valence-corrected chi connectivity index (χ2v) is 4.60. The maximum atomic E-state index is 14.1. The fourth-order valence-electron chi connectivity index (χ4n) is 2.19. The van der Waals surface area contributed by atoms with Gasteiger partial charge in [-0.1, -0.05) is 36.4 Å². The van der Waals surface area contributed by atoms with Gasteiger partial charge in [0.2, 0.25) is 0 Å². The van der Waals surface area contributed by atoms with Crippen molar-refractivity contribution >= 4 is 0 Å². The Morgan fingerprint density at radius 1 is 1.05 bits per heavy atom. The molecule has 0 amide bonds. The lowest BCUT2D eigenvalue weighted by atomic mass is 9.96. The third-order valence-electron chi connectivity index (χ3n) is 3.28. The number of aliphatic hydroxyl groups excluding tert-OH is 1. The molecule has 0 radical (unpaired) electrons. The van der Waals surface area contributed by atoms with E-state index in [1.807, 2.05) is 6.07 Å². The molecule has 0 heterocycles. The van der Waals surface area contributed by atoms with Gasteiger partial charge in [-0.2, -0.15) is 0 Å². The van der Waals surface area contributed by atoms with E-state index < -0.39 is 23.8 Å². The molecule has 2 nitrogen and oxygen atoms in total. The Bertz CT molecular complexity index is 585. The van der Waals surface area contributed by atoms with Crippen molar-refractivity contribution in [3.63, 3.8) is 0 Å². The van der Waals surface area contributed by atoms with Crippen LogP contribution in [-0.4, -0.2) is 12.2 Å². The number of halogens is 2. The quantitative estimate of drug-likeness (QED) is 0.924. The Balaban J connectivity index is 2.44. The topological polar surface area (TPSA) is 29.5 Å². The zero-order valence-electron chi connectivity index (χ0n) is 11.3. The fourth-order valence-corrected chi connectivity index (χ4v) is 2.19. The average molecular weight is 278 g/mol. The monoisotopic (exact) mass is 278 g/mol. The van der Waals surface area contributed by atoms with Crippen LogP contribution in [0.15, 0.2) is 42.5 Å². The summed E-state index contributed by atoms with van der Waals surface area (Å²) in [6.45, 7) is 1.52. The van der Waals surface area contributed by atoms with Crippen LogP contribution < -0.4 is 0 Å². The van der Waals surface area contributed by atoms with Crippen molar-refractivity contribution in [3.8, 4) is 0 Å². The Morgan fingerprint density at radius 3 is 2.30 bits per heavy atom. The molecule has 4 heteroatoms. The highest BCUT2D eigenvalue weighted by Crippen LogP contribution is 2.34. The third-order valence-corrected chi connectivity index (χ3v) is 3.28. The van der Waals surface area contributed by atoms with E-state index >= 15 is 0 Å². The van der Waals surface area contributed by atoms with Crippen LogP contribution in [0, 0.1) is 18.6 Å². The lowest BCUT2D eigenvalue weighted by molar-refractivity contribution is -0.0183. The van der Waals surface area contributed by atoms with Gasteiger partial charge in [-0.15, -0.1) is 0 Å². The number of aryl methyl sites for hydroxylation is 1. The molecule has 2 atom stereocenters. The van der Waals surface area contributed by atoms with Gasteiger partial charge in [0.15, 0.2) is 0 Å². The van der Waals surface area contributed by atoms with Crippen molar-refractivity contribution in [1.29, 1.82) is 0 Å². The van der Waals surface area contributed by atoms with Gasteiger partial charge in [0.1, 0.15) is 23.8 Å². The molecule has 106 valence electrons. The molecule has 0 saturated heterocycles. The second-order valence-electron chi connectivity index (χ2n) is 4.60. The molecular weight excluding hydrogens is 262 g/mol. The number of rotatable bonds is 4. The highest BCUT2D eigenvalue weighted by atomic mass is 19.1. The third kappa shape index (κ3) is 2.71. The molecule has 1 N–H and O–H groups in total. The number of hydrogen-bond donors (Lipinski definition) is 1. The minimum absolute atomic E-state index is 0.281. The van der Waals surface area contributed by atoms with Crippen molar-refractivity contribution in [2.24, 2.45) is 0 Å². The van der Waals surface area contributed by atoms with Crippen molar-refractivity contribution in [2.75, 3.05) is 7.11 Å². The van der Waals surface area contributed by atoms with Crippen molar-refractivity contribution in [3.05, 3.63) is 70.8 Å². The molecule has 0 bridgehead atoms. The number of aliphatic hydroxyl groups is 1. The smallest absolute Gasteiger partial charge is 0.134 e. The largest absolute Gasteiger partial charge is 0.385 e. The maximum Gasteiger partial charge on any atom is 0.134 e. The van der Waals surface area contributed by atoms with Crippen LogP contribution in [0.1, 0.15) is 28.9 Å². The van der Waals surface area contributed by atoms with E-state index in [0.29, 0.717) is 5.56 Å². The van der Waals surface area contributed by atoms with Gasteiger partial charge in [-0.3, -0.25) is 0 Å². The summed E-state index contributed by atoms with van der Waals surface area (Å²) in [5.41, 5.74) is 0.576. The highest BCUT2D eigenvalue weighted by molar-refractivity contribution is 5.31. The van der Waals surface area contributed by atoms with Gasteiger partial charge in [0, 0.05) is 7.11 Å². The minimum atomic E-state index is -1.41. The van der Waals surface area contributed by atoms with Crippen LogP contribution in [0.2, 0.25) is 0 Å². The van der Waals surface area contributed by atoms with Gasteiger partial charge in [0.25, 0.3) is 0 Å². The zero-order chi connectivity index (χ0) is 14.7. The Hall–Kier alpha value is -1.78. The molecule has 0 aromatic heterocycles. The maximum absolute atomic E-state index is 14.1. The summed E-state index contributed by atoms with van der Waals surface area (Å²) in [4.78, 5) is 0. The summed E-state index contributed by atoms with van der Waals surface area (Å²) in [5, 5.41) is 10.3. The zero-order valence-corrected chi connectivity index (χ0v) is 11.3. The molecule has 2 aromatic carbocycles. The lowest BCUT2D eigenvalue weighted by Gasteiger charge is -2.23. The van der Waals surface area contributed by atoms with E-state index in [1.165, 1.54) is 20.1 Å². The highest BCUT2D eigenvalue weighted by Gasteiger charge is 2.28. The molecule has 2 unspecified atom stereocenters. The average Bonchev–Trinajstić information content (AvgIpc) is 2.45. The normalized spacial score (nSPS) is 14.1. The molecule has 0 aliphatic carbocycles. The molecular formula is C16H16F2O2. The Kier molecular flexibility index (Phi) is 4.47. The van der Waals surface area contributed by atoms with Gasteiger partial charge in [-0.05, 0) is 24.1 Å². The number of benzene rings is 2. The van der Waals surface area contributed by atoms with E-state index in [9.17, 15) is 13.9 Å². The van der Waals surface area contributed by atoms with Gasteiger partial charge >= 0.3 is 0 Å². The molecule has 0 saturated carbocycles. The van der Waals surface area contributed by atoms with E-state index in [0.717, 1.165) is 6.07 Å². The predicted molar refractivity (Wildman–Crippen MR) is 72.2 cm³/mol. The van der Waals surface area contributed by atoms with Crippen molar-refractivity contribution in [1.82, 2.24) is 0 Å². The van der Waals surface area contributed by atoms with Crippen molar-refractivity contribution in [2.45, 2.75) is 19.1 Å². The first-order chi connectivity index (χ1) is 9.56. The predicted octanol–water partition coefficient (Wildman–Crippen LogP) is 3.69. The molecule has 0 fully saturated rings. The summed E-state index contributed by atoms with van der Waals surface area (Å²) in [6, 6.07) is 11.3. The summed E-state index contributed by atoms with van der Waals surface area (Å²) < 4.78 is 33.1. The van der Waals surface area contributed by atoms with Gasteiger partial charge < -0.3 is 9.84 Å². The van der Waals surface area contributed by atoms with E-state index in [-0.39, 0.29) is 11.1 Å². The SMILES string of the molecule is COC(c1ccccc1)C(O)c1c(F)ccc(C)c1F. The Labute approximate surface area is 116 Å². The first-order valence-corrected chi connectivity index (χ1v) is 6.26. The number of methoxy groups -OCH3 is 1. The number of ether oxygens (including phenoxy) is 1. The van der Waals surface area contributed by atoms with Crippen LogP contribution in [0.3, 0.4) is 0 Å². The minimum Gasteiger partial charge on any atom is -0.385 e. The second kappa shape index (κ2) is 6.11. The Morgan fingerprint density at radius 2 is 1.70 bits per heavy atom. The first kappa shape index (κ1) is 14.6. The first-order valence-electron chi connectivity index (χ1n) is 6.26. The summed E-state index contributed by atoms with van der Waals surface area (Å²) in [6.07, 6.45) is -2.25. The molecule has 2 aromatic rings. The van der Waals surface area contributed by atoms with Gasteiger partial charge in [-0.25, -0.2) is 8.78 Å². The van der Waals surface area contributed by atoms with Crippen LogP contribution in [0.25, 0.3) is 0 Å². The number of hydrogen-bond acceptors (Lipinski definition) is 2. The molecule has 20 heavy (non-hydrogen) atoms. The molecule has 2 rings (SSSR count). The van der Waals surface area contributed by atoms with Crippen LogP contribution >= 0.6 is 0 Å². The van der Waals surface area contributed by atoms with Gasteiger partial charge in [0.05, 0.1) is 5.56 Å². The van der Waals surface area contributed by atoms with E-state index in [2.05, 4.69) is 0 Å². The summed E-state index contributed by atoms with van der Waals surface area (Å²) >= 11 is 0. The standard InChI is InChI=1S/C16H16F2O2/c1-10-8-9-12(17)13(14(10)18)15(19)16(20-2)11-6-4-3-5-7-11/h3-9,15-16,19H,1-2H3. The van der Waals surface area contributed by atoms with Crippen molar-refractivity contribution < 1.29 is 18.6 Å². The van der Waals surface area contributed by atoms with Crippen LogP contribution in [0.4, 0.5) is 8.78 Å². The molecule has 0 aliphatic heterocycles.